The van der Waals surface area contributed by atoms with Gasteiger partial charge in [-0.05, 0) is 38.5 Å². The summed E-state index contributed by atoms with van der Waals surface area (Å²) in [5.74, 6) is 0. The third-order valence-electron chi connectivity index (χ3n) is 3.65. The first-order chi connectivity index (χ1) is 8.53. The molecule has 0 amide bonds. The molecule has 2 saturated carbocycles. The van der Waals surface area contributed by atoms with Crippen LogP contribution in [0.15, 0.2) is 0 Å². The Morgan fingerprint density at radius 2 is 1.11 bits per heavy atom. The van der Waals surface area contributed by atoms with Crippen LogP contribution in [-0.2, 0) is 0 Å². The Hall–Kier alpha value is 0.540. The van der Waals surface area contributed by atoms with Gasteiger partial charge in [-0.1, -0.05) is 21.6 Å². The van der Waals surface area contributed by atoms with Crippen molar-refractivity contribution in [2.75, 3.05) is 13.2 Å². The first-order valence-corrected chi connectivity index (χ1v) is 8.63. The van der Waals surface area contributed by atoms with Gasteiger partial charge in [0.05, 0.1) is 25.4 Å². The van der Waals surface area contributed by atoms with Gasteiger partial charge in [0.1, 0.15) is 0 Å². The molecule has 0 saturated heterocycles. The fourth-order valence-electron chi connectivity index (χ4n) is 2.09. The van der Waals surface area contributed by atoms with Crippen molar-refractivity contribution in [2.24, 2.45) is 0 Å². The molecule has 2 atom stereocenters. The first kappa shape index (κ1) is 14.9. The molecule has 4 N–H and O–H groups in total. The van der Waals surface area contributed by atoms with Gasteiger partial charge in [0.2, 0.25) is 0 Å². The predicted molar refractivity (Wildman–Crippen MR) is 74.5 cm³/mol. The minimum atomic E-state index is -0.612. The highest BCUT2D eigenvalue weighted by Gasteiger charge is 2.51. The second-order valence-electron chi connectivity index (χ2n) is 5.61. The van der Waals surface area contributed by atoms with Crippen LogP contribution >= 0.6 is 21.6 Å². The minimum absolute atomic E-state index is 0.132. The molecular weight excluding hydrogens is 272 g/mol. The van der Waals surface area contributed by atoms with Gasteiger partial charge in [0, 0.05) is 9.49 Å². The van der Waals surface area contributed by atoms with Crippen LogP contribution in [0.2, 0.25) is 0 Å². The molecule has 2 aliphatic carbocycles. The van der Waals surface area contributed by atoms with Crippen LogP contribution in [0.25, 0.3) is 0 Å². The van der Waals surface area contributed by atoms with Gasteiger partial charge < -0.3 is 20.4 Å². The molecule has 0 aliphatic heterocycles. The van der Waals surface area contributed by atoms with E-state index in [4.69, 9.17) is 10.2 Å². The Balaban J connectivity index is 1.74. The molecule has 6 heteroatoms. The molecule has 0 heterocycles. The highest BCUT2D eigenvalue weighted by Crippen LogP contribution is 2.65. The molecule has 106 valence electrons. The summed E-state index contributed by atoms with van der Waals surface area (Å²) >= 11 is 0. The van der Waals surface area contributed by atoms with E-state index in [1.807, 2.05) is 21.6 Å². The van der Waals surface area contributed by atoms with Crippen molar-refractivity contribution in [3.63, 3.8) is 0 Å². The molecule has 4 nitrogen and oxygen atoms in total. The molecule has 2 aliphatic rings. The van der Waals surface area contributed by atoms with E-state index in [1.54, 1.807) is 0 Å². The Kier molecular flexibility index (Phi) is 4.89. The lowest BCUT2D eigenvalue weighted by atomic mass is 10.2. The number of hydrogen-bond donors (Lipinski definition) is 4. The first-order valence-electron chi connectivity index (χ1n) is 6.48. The largest absolute Gasteiger partial charge is 0.394 e. The molecular formula is C12H22O4S2. The zero-order chi connectivity index (χ0) is 13.2. The smallest absolute Gasteiger partial charge is 0.0784 e. The minimum Gasteiger partial charge on any atom is -0.394 e. The molecule has 0 radical (unpaired) electrons. The average molecular weight is 294 g/mol. The van der Waals surface area contributed by atoms with E-state index < -0.39 is 12.2 Å². The van der Waals surface area contributed by atoms with Gasteiger partial charge in [-0.2, -0.15) is 0 Å². The van der Waals surface area contributed by atoms with Crippen molar-refractivity contribution < 1.29 is 20.4 Å². The summed E-state index contributed by atoms with van der Waals surface area (Å²) in [4.78, 5) is 0. The highest BCUT2D eigenvalue weighted by atomic mass is 33.1. The van der Waals surface area contributed by atoms with Gasteiger partial charge in [-0.15, -0.1) is 0 Å². The second kappa shape index (κ2) is 5.89. The molecule has 2 fully saturated rings. The van der Waals surface area contributed by atoms with Gasteiger partial charge in [0.15, 0.2) is 0 Å². The van der Waals surface area contributed by atoms with E-state index in [2.05, 4.69) is 0 Å². The van der Waals surface area contributed by atoms with Gasteiger partial charge in [0.25, 0.3) is 0 Å². The molecule has 0 aromatic heterocycles. The molecule has 0 aromatic rings. The van der Waals surface area contributed by atoms with Crippen molar-refractivity contribution in [3.05, 3.63) is 0 Å². The summed E-state index contributed by atoms with van der Waals surface area (Å²) in [6, 6.07) is 0. The maximum Gasteiger partial charge on any atom is 0.0784 e. The lowest BCUT2D eigenvalue weighted by Crippen LogP contribution is -2.21. The molecule has 0 spiro atoms. The van der Waals surface area contributed by atoms with E-state index in [1.165, 1.54) is 0 Å². The molecule has 2 rings (SSSR count). The van der Waals surface area contributed by atoms with Crippen LogP contribution in [0.5, 0.6) is 0 Å². The normalized spacial score (nSPS) is 26.7. The van der Waals surface area contributed by atoms with Gasteiger partial charge >= 0.3 is 0 Å². The Morgan fingerprint density at radius 3 is 1.33 bits per heavy atom. The topological polar surface area (TPSA) is 80.9 Å². The van der Waals surface area contributed by atoms with Crippen molar-refractivity contribution in [1.82, 2.24) is 0 Å². The maximum atomic E-state index is 9.52. The van der Waals surface area contributed by atoms with E-state index in [9.17, 15) is 10.2 Å². The lowest BCUT2D eigenvalue weighted by molar-refractivity contribution is 0.0862. The monoisotopic (exact) mass is 294 g/mol. The summed E-state index contributed by atoms with van der Waals surface area (Å²) in [6.45, 7) is -0.331. The van der Waals surface area contributed by atoms with Crippen molar-refractivity contribution in [3.8, 4) is 0 Å². The molecule has 0 aromatic carbocycles. The number of aliphatic hydroxyl groups excluding tert-OH is 4. The van der Waals surface area contributed by atoms with Crippen LogP contribution in [0.3, 0.4) is 0 Å². The fourth-order valence-corrected chi connectivity index (χ4v) is 5.97. The summed E-state index contributed by atoms with van der Waals surface area (Å²) in [6.07, 6.45) is 4.47. The van der Waals surface area contributed by atoms with Crippen LogP contribution < -0.4 is 0 Å². The van der Waals surface area contributed by atoms with Crippen LogP contribution in [-0.4, -0.2) is 55.3 Å². The van der Waals surface area contributed by atoms with E-state index >= 15 is 0 Å². The predicted octanol–water partition coefficient (Wildman–Crippen LogP) is 0.920. The van der Waals surface area contributed by atoms with E-state index in [0.717, 1.165) is 25.7 Å². The molecule has 18 heavy (non-hydrogen) atoms. The van der Waals surface area contributed by atoms with Crippen molar-refractivity contribution in [1.29, 1.82) is 0 Å². The van der Waals surface area contributed by atoms with E-state index in [0.29, 0.717) is 12.8 Å². The van der Waals surface area contributed by atoms with Crippen LogP contribution in [0.1, 0.15) is 38.5 Å². The highest BCUT2D eigenvalue weighted by molar-refractivity contribution is 8.77. The van der Waals surface area contributed by atoms with Gasteiger partial charge in [-0.25, -0.2) is 0 Å². The number of hydrogen-bond acceptors (Lipinski definition) is 6. The summed E-state index contributed by atoms with van der Waals surface area (Å²) in [5, 5.41) is 36.8. The zero-order valence-corrected chi connectivity index (χ0v) is 12.0. The number of aliphatic hydroxyl groups is 4. The van der Waals surface area contributed by atoms with Gasteiger partial charge in [-0.3, -0.25) is 0 Å². The van der Waals surface area contributed by atoms with E-state index in [-0.39, 0.29) is 22.7 Å². The third-order valence-corrected chi connectivity index (χ3v) is 7.96. The van der Waals surface area contributed by atoms with Crippen molar-refractivity contribution in [2.45, 2.75) is 60.2 Å². The standard InChI is InChI=1S/C12H22O4S2/c13-7-9(15)5-11(1-2-11)17-18-12(3-4-12)6-10(16)8-14/h9-10,13-16H,1-8H2. The maximum absolute atomic E-state index is 9.52. The van der Waals surface area contributed by atoms with Crippen LogP contribution in [0, 0.1) is 0 Å². The Morgan fingerprint density at radius 1 is 0.778 bits per heavy atom. The summed E-state index contributed by atoms with van der Waals surface area (Å²) in [5.41, 5.74) is 0. The SMILES string of the molecule is OCC(O)CC1(SSC2(CC(O)CO)CC2)CC1. The lowest BCUT2D eigenvalue weighted by Gasteiger charge is -2.22. The second-order valence-corrected chi connectivity index (χ2v) is 8.68. The molecule has 0 bridgehead atoms. The fraction of sp³-hybridized carbons (Fsp3) is 1.00. The zero-order valence-electron chi connectivity index (χ0n) is 10.4. The Labute approximate surface area is 116 Å². The van der Waals surface area contributed by atoms with Crippen LogP contribution in [0.4, 0.5) is 0 Å². The van der Waals surface area contributed by atoms with Crippen molar-refractivity contribution >= 4 is 21.6 Å². The molecule has 2 unspecified atom stereocenters. The summed E-state index contributed by atoms with van der Waals surface area (Å²) < 4.78 is 0.263. The summed E-state index contributed by atoms with van der Waals surface area (Å²) in [7, 11) is 3.62. The Bertz CT molecular complexity index is 251. The third kappa shape index (κ3) is 4.02. The number of rotatable bonds is 9. The quantitative estimate of drug-likeness (QED) is 0.474. The average Bonchev–Trinajstić information content (AvgIpc) is 3.25.